The predicted octanol–water partition coefficient (Wildman–Crippen LogP) is 2.83. The second-order valence-corrected chi connectivity index (χ2v) is 5.83. The first-order chi connectivity index (χ1) is 9.70. The third kappa shape index (κ3) is 4.06. The van der Waals surface area contributed by atoms with Gasteiger partial charge in [-0.3, -0.25) is 4.90 Å². The van der Waals surface area contributed by atoms with Crippen molar-refractivity contribution in [2.45, 2.75) is 45.7 Å². The molecule has 1 aliphatic heterocycles. The molecule has 3 nitrogen and oxygen atoms in total. The van der Waals surface area contributed by atoms with E-state index in [2.05, 4.69) is 36.2 Å². The number of nitriles is 1. The van der Waals surface area contributed by atoms with Gasteiger partial charge in [-0.1, -0.05) is 12.5 Å². The van der Waals surface area contributed by atoms with Crippen LogP contribution < -0.4 is 5.32 Å². The lowest BCUT2D eigenvalue weighted by molar-refractivity contribution is 0.170. The van der Waals surface area contributed by atoms with Crippen molar-refractivity contribution >= 4 is 0 Å². The highest BCUT2D eigenvalue weighted by molar-refractivity contribution is 5.37. The van der Waals surface area contributed by atoms with Crippen LogP contribution in [0.4, 0.5) is 0 Å². The van der Waals surface area contributed by atoms with Crippen molar-refractivity contribution in [2.75, 3.05) is 19.6 Å². The number of rotatable bonds is 5. The number of nitrogens with zero attached hydrogens (tertiary/aromatic N) is 2. The zero-order valence-electron chi connectivity index (χ0n) is 12.7. The van der Waals surface area contributed by atoms with Gasteiger partial charge >= 0.3 is 0 Å². The fraction of sp³-hybridized carbons (Fsp3) is 0.588. The van der Waals surface area contributed by atoms with Crippen LogP contribution in [-0.4, -0.2) is 30.6 Å². The van der Waals surface area contributed by atoms with Crippen LogP contribution in [0.3, 0.4) is 0 Å². The fourth-order valence-corrected chi connectivity index (χ4v) is 2.87. The maximum atomic E-state index is 8.87. The van der Waals surface area contributed by atoms with E-state index in [4.69, 9.17) is 5.26 Å². The van der Waals surface area contributed by atoms with Crippen LogP contribution in [0.15, 0.2) is 18.2 Å². The highest BCUT2D eigenvalue weighted by Gasteiger charge is 2.15. The molecule has 0 amide bonds. The van der Waals surface area contributed by atoms with Crippen molar-refractivity contribution in [3.8, 4) is 6.07 Å². The standard InChI is InChI=1S/C17H25N3/c1-14-10-16(11-18)6-7-17(14)13-19-12-15(2)20-8-4-3-5-9-20/h6-7,10,15,19H,3-5,8-9,12-13H2,1-2H3. The Morgan fingerprint density at radius 3 is 2.70 bits per heavy atom. The van der Waals surface area contributed by atoms with Crippen molar-refractivity contribution in [3.05, 3.63) is 34.9 Å². The van der Waals surface area contributed by atoms with Crippen molar-refractivity contribution in [1.29, 1.82) is 5.26 Å². The molecule has 0 spiro atoms. The fourth-order valence-electron chi connectivity index (χ4n) is 2.87. The van der Waals surface area contributed by atoms with Gasteiger partial charge in [0.05, 0.1) is 11.6 Å². The van der Waals surface area contributed by atoms with Crippen LogP contribution in [0.5, 0.6) is 0 Å². The average Bonchev–Trinajstić information content (AvgIpc) is 2.49. The zero-order chi connectivity index (χ0) is 14.4. The van der Waals surface area contributed by atoms with E-state index in [1.54, 1.807) is 0 Å². The monoisotopic (exact) mass is 271 g/mol. The van der Waals surface area contributed by atoms with E-state index < -0.39 is 0 Å². The number of hydrogen-bond donors (Lipinski definition) is 1. The summed E-state index contributed by atoms with van der Waals surface area (Å²) in [7, 11) is 0. The molecule has 0 aliphatic carbocycles. The first kappa shape index (κ1) is 15.0. The van der Waals surface area contributed by atoms with E-state index in [1.807, 2.05) is 12.1 Å². The maximum absolute atomic E-state index is 8.87. The van der Waals surface area contributed by atoms with Crippen LogP contribution in [0.2, 0.25) is 0 Å². The Labute approximate surface area is 122 Å². The summed E-state index contributed by atoms with van der Waals surface area (Å²) in [5, 5.41) is 12.4. The van der Waals surface area contributed by atoms with E-state index in [0.717, 1.165) is 18.7 Å². The van der Waals surface area contributed by atoms with Crippen LogP contribution in [-0.2, 0) is 6.54 Å². The van der Waals surface area contributed by atoms with Gasteiger partial charge in [0.2, 0.25) is 0 Å². The van der Waals surface area contributed by atoms with Crippen molar-refractivity contribution in [2.24, 2.45) is 0 Å². The smallest absolute Gasteiger partial charge is 0.0991 e. The van der Waals surface area contributed by atoms with E-state index in [0.29, 0.717) is 6.04 Å². The molecule has 0 saturated carbocycles. The highest BCUT2D eigenvalue weighted by atomic mass is 15.2. The molecule has 2 rings (SSSR count). The molecule has 1 aromatic rings. The van der Waals surface area contributed by atoms with Crippen molar-refractivity contribution in [3.63, 3.8) is 0 Å². The zero-order valence-corrected chi connectivity index (χ0v) is 12.7. The molecule has 1 fully saturated rings. The molecule has 3 heteroatoms. The molecule has 108 valence electrons. The summed E-state index contributed by atoms with van der Waals surface area (Å²) in [5.41, 5.74) is 3.23. The molecule has 0 radical (unpaired) electrons. The van der Waals surface area contributed by atoms with Crippen LogP contribution in [0.1, 0.15) is 42.9 Å². The number of aryl methyl sites for hydroxylation is 1. The van der Waals surface area contributed by atoms with E-state index in [9.17, 15) is 0 Å². The Balaban J connectivity index is 1.79. The first-order valence-corrected chi connectivity index (χ1v) is 7.65. The predicted molar refractivity (Wildman–Crippen MR) is 82.5 cm³/mol. The van der Waals surface area contributed by atoms with Gasteiger partial charge in [0.1, 0.15) is 0 Å². The van der Waals surface area contributed by atoms with E-state index in [1.165, 1.54) is 43.5 Å². The summed E-state index contributed by atoms with van der Waals surface area (Å²) >= 11 is 0. The van der Waals surface area contributed by atoms with E-state index >= 15 is 0 Å². The number of likely N-dealkylation sites (tertiary alicyclic amines) is 1. The Kier molecular flexibility index (Phi) is 5.58. The molecule has 0 aromatic heterocycles. The minimum Gasteiger partial charge on any atom is -0.311 e. The van der Waals surface area contributed by atoms with Crippen LogP contribution >= 0.6 is 0 Å². The van der Waals surface area contributed by atoms with Gasteiger partial charge in [0.15, 0.2) is 0 Å². The Hall–Kier alpha value is -1.37. The summed E-state index contributed by atoms with van der Waals surface area (Å²) in [6.07, 6.45) is 4.08. The van der Waals surface area contributed by atoms with Crippen molar-refractivity contribution < 1.29 is 0 Å². The highest BCUT2D eigenvalue weighted by Crippen LogP contribution is 2.13. The quantitative estimate of drug-likeness (QED) is 0.895. The summed E-state index contributed by atoms with van der Waals surface area (Å²) in [4.78, 5) is 2.59. The third-order valence-electron chi connectivity index (χ3n) is 4.24. The lowest BCUT2D eigenvalue weighted by Gasteiger charge is -2.32. The number of hydrogen-bond acceptors (Lipinski definition) is 3. The molecular formula is C17H25N3. The first-order valence-electron chi connectivity index (χ1n) is 7.65. The Morgan fingerprint density at radius 2 is 2.05 bits per heavy atom. The summed E-state index contributed by atoms with van der Waals surface area (Å²) in [5.74, 6) is 0. The minimum absolute atomic E-state index is 0.606. The molecular weight excluding hydrogens is 246 g/mol. The lowest BCUT2D eigenvalue weighted by atomic mass is 10.1. The summed E-state index contributed by atoms with van der Waals surface area (Å²) in [6.45, 7) is 8.79. The SMILES string of the molecule is Cc1cc(C#N)ccc1CNCC(C)N1CCCCC1. The van der Waals surface area contributed by atoms with Gasteiger partial charge in [0, 0.05) is 19.1 Å². The normalized spacial score (nSPS) is 17.6. The number of piperidine rings is 1. The second kappa shape index (κ2) is 7.42. The van der Waals surface area contributed by atoms with Gasteiger partial charge in [-0.25, -0.2) is 0 Å². The summed E-state index contributed by atoms with van der Waals surface area (Å²) < 4.78 is 0. The average molecular weight is 271 g/mol. The largest absolute Gasteiger partial charge is 0.311 e. The molecule has 1 aliphatic rings. The lowest BCUT2D eigenvalue weighted by Crippen LogP contribution is -2.43. The van der Waals surface area contributed by atoms with Gasteiger partial charge in [0.25, 0.3) is 0 Å². The van der Waals surface area contributed by atoms with Gasteiger partial charge in [-0.15, -0.1) is 0 Å². The molecule has 1 N–H and O–H groups in total. The van der Waals surface area contributed by atoms with Crippen LogP contribution in [0, 0.1) is 18.3 Å². The number of nitrogens with one attached hydrogen (secondary N) is 1. The Bertz CT molecular complexity index is 470. The molecule has 1 atom stereocenters. The summed E-state index contributed by atoms with van der Waals surface area (Å²) in [6, 6.07) is 8.72. The van der Waals surface area contributed by atoms with E-state index in [-0.39, 0.29) is 0 Å². The molecule has 1 unspecified atom stereocenters. The molecule has 1 heterocycles. The Morgan fingerprint density at radius 1 is 1.30 bits per heavy atom. The molecule has 0 bridgehead atoms. The third-order valence-corrected chi connectivity index (χ3v) is 4.24. The van der Waals surface area contributed by atoms with Gasteiger partial charge in [-0.2, -0.15) is 5.26 Å². The van der Waals surface area contributed by atoms with Gasteiger partial charge < -0.3 is 5.32 Å². The maximum Gasteiger partial charge on any atom is 0.0991 e. The minimum atomic E-state index is 0.606. The van der Waals surface area contributed by atoms with Crippen LogP contribution in [0.25, 0.3) is 0 Å². The topological polar surface area (TPSA) is 39.1 Å². The molecule has 1 saturated heterocycles. The number of benzene rings is 1. The van der Waals surface area contributed by atoms with Gasteiger partial charge in [-0.05, 0) is 63.0 Å². The second-order valence-electron chi connectivity index (χ2n) is 5.83. The molecule has 1 aromatic carbocycles. The van der Waals surface area contributed by atoms with Crippen molar-refractivity contribution in [1.82, 2.24) is 10.2 Å². The molecule has 20 heavy (non-hydrogen) atoms.